The van der Waals surface area contributed by atoms with Crippen molar-refractivity contribution in [1.82, 2.24) is 9.55 Å². The van der Waals surface area contributed by atoms with Crippen LogP contribution in [0.5, 0.6) is 0 Å². The van der Waals surface area contributed by atoms with Gasteiger partial charge in [0.1, 0.15) is 5.69 Å². The van der Waals surface area contributed by atoms with E-state index in [1.807, 2.05) is 43.7 Å². The number of rotatable bonds is 3. The predicted octanol–water partition coefficient (Wildman–Crippen LogP) is 3.68. The van der Waals surface area contributed by atoms with Crippen LogP contribution in [0, 0.1) is 6.92 Å². The molecule has 2 aromatic heterocycles. The maximum atomic E-state index is 12.3. The van der Waals surface area contributed by atoms with E-state index in [4.69, 9.17) is 11.6 Å². The predicted molar refractivity (Wildman–Crippen MR) is 76.8 cm³/mol. The van der Waals surface area contributed by atoms with Crippen LogP contribution in [-0.4, -0.2) is 15.5 Å². The standard InChI is InChI=1S/C14H16ClN3O/c1-9(2)18-8-4-5-11(18)14(19)17-12-10(3)6-7-16-13(12)15/h4-9H,1-3H3,(H,17,19). The summed E-state index contributed by atoms with van der Waals surface area (Å²) in [7, 11) is 0. The molecule has 100 valence electrons. The molecule has 0 unspecified atom stereocenters. The van der Waals surface area contributed by atoms with Crippen LogP contribution in [0.4, 0.5) is 5.69 Å². The molecule has 0 atom stereocenters. The van der Waals surface area contributed by atoms with Gasteiger partial charge in [-0.25, -0.2) is 4.98 Å². The van der Waals surface area contributed by atoms with Crippen molar-refractivity contribution in [2.75, 3.05) is 5.32 Å². The number of nitrogens with one attached hydrogen (secondary N) is 1. The summed E-state index contributed by atoms with van der Waals surface area (Å²) in [6.45, 7) is 5.93. The molecule has 0 aromatic carbocycles. The fraction of sp³-hybridized carbons (Fsp3) is 0.286. The van der Waals surface area contributed by atoms with E-state index < -0.39 is 0 Å². The Bertz CT molecular complexity index is 584. The third-order valence-corrected chi connectivity index (χ3v) is 3.21. The summed E-state index contributed by atoms with van der Waals surface area (Å²) in [5.74, 6) is -0.184. The van der Waals surface area contributed by atoms with Crippen LogP contribution < -0.4 is 5.32 Å². The second kappa shape index (κ2) is 5.45. The highest BCUT2D eigenvalue weighted by atomic mass is 35.5. The number of hydrogen-bond donors (Lipinski definition) is 1. The van der Waals surface area contributed by atoms with Gasteiger partial charge in [0.05, 0.1) is 5.69 Å². The van der Waals surface area contributed by atoms with Crippen molar-refractivity contribution in [1.29, 1.82) is 0 Å². The molecule has 0 bridgehead atoms. The van der Waals surface area contributed by atoms with Crippen molar-refractivity contribution in [3.63, 3.8) is 0 Å². The van der Waals surface area contributed by atoms with Gasteiger partial charge in [0, 0.05) is 18.4 Å². The summed E-state index contributed by atoms with van der Waals surface area (Å²) >= 11 is 6.00. The van der Waals surface area contributed by atoms with Crippen molar-refractivity contribution in [3.8, 4) is 0 Å². The Kier molecular flexibility index (Phi) is 3.90. The lowest BCUT2D eigenvalue weighted by Gasteiger charge is -2.14. The van der Waals surface area contributed by atoms with Gasteiger partial charge in [-0.1, -0.05) is 11.6 Å². The van der Waals surface area contributed by atoms with Crippen LogP contribution in [0.1, 0.15) is 35.9 Å². The molecule has 5 heteroatoms. The first-order valence-corrected chi connectivity index (χ1v) is 6.47. The van der Waals surface area contributed by atoms with E-state index >= 15 is 0 Å². The lowest BCUT2D eigenvalue weighted by molar-refractivity contribution is 0.101. The van der Waals surface area contributed by atoms with Gasteiger partial charge < -0.3 is 9.88 Å². The number of pyridine rings is 1. The van der Waals surface area contributed by atoms with E-state index in [2.05, 4.69) is 10.3 Å². The number of carbonyl (C=O) groups is 1. The Hall–Kier alpha value is -1.81. The third kappa shape index (κ3) is 2.79. The SMILES string of the molecule is Cc1ccnc(Cl)c1NC(=O)c1cccn1C(C)C. The number of hydrogen-bond acceptors (Lipinski definition) is 2. The molecule has 0 saturated carbocycles. The lowest BCUT2D eigenvalue weighted by Crippen LogP contribution is -2.18. The third-order valence-electron chi connectivity index (χ3n) is 2.92. The molecular formula is C14H16ClN3O. The molecule has 2 rings (SSSR count). The van der Waals surface area contributed by atoms with Crippen molar-refractivity contribution >= 4 is 23.2 Å². The van der Waals surface area contributed by atoms with Crippen LogP contribution in [0.3, 0.4) is 0 Å². The Morgan fingerprint density at radius 1 is 1.42 bits per heavy atom. The molecule has 0 saturated heterocycles. The fourth-order valence-electron chi connectivity index (χ4n) is 1.89. The first-order chi connectivity index (χ1) is 9.00. The van der Waals surface area contributed by atoms with E-state index in [9.17, 15) is 4.79 Å². The van der Waals surface area contributed by atoms with E-state index in [-0.39, 0.29) is 11.9 Å². The molecule has 0 aliphatic carbocycles. The number of anilines is 1. The zero-order chi connectivity index (χ0) is 14.0. The minimum Gasteiger partial charge on any atom is -0.341 e. The molecule has 0 aliphatic rings. The van der Waals surface area contributed by atoms with Gasteiger partial charge >= 0.3 is 0 Å². The summed E-state index contributed by atoms with van der Waals surface area (Å²) in [6.07, 6.45) is 3.50. The second-order valence-corrected chi connectivity index (χ2v) is 5.00. The maximum absolute atomic E-state index is 12.3. The molecule has 2 aromatic rings. The largest absolute Gasteiger partial charge is 0.341 e. The van der Waals surface area contributed by atoms with E-state index in [0.717, 1.165) is 5.56 Å². The van der Waals surface area contributed by atoms with Crippen LogP contribution in [0.2, 0.25) is 5.15 Å². The first-order valence-electron chi connectivity index (χ1n) is 6.10. The molecule has 0 aliphatic heterocycles. The van der Waals surface area contributed by atoms with Crippen LogP contribution in [-0.2, 0) is 0 Å². The quantitative estimate of drug-likeness (QED) is 0.870. The minimum absolute atomic E-state index is 0.184. The van der Waals surface area contributed by atoms with Crippen LogP contribution in [0.15, 0.2) is 30.6 Å². The Balaban J connectivity index is 2.29. The number of aryl methyl sites for hydroxylation is 1. The Morgan fingerprint density at radius 2 is 2.16 bits per heavy atom. The Morgan fingerprint density at radius 3 is 2.79 bits per heavy atom. The van der Waals surface area contributed by atoms with Crippen molar-refractivity contribution in [3.05, 3.63) is 47.0 Å². The summed E-state index contributed by atoms with van der Waals surface area (Å²) in [4.78, 5) is 16.3. The average Bonchev–Trinajstić information content (AvgIpc) is 2.83. The molecule has 2 heterocycles. The van der Waals surface area contributed by atoms with Gasteiger partial charge in [-0.05, 0) is 44.5 Å². The fourth-order valence-corrected chi connectivity index (χ4v) is 2.14. The van der Waals surface area contributed by atoms with E-state index in [1.165, 1.54) is 0 Å². The molecular weight excluding hydrogens is 262 g/mol. The van der Waals surface area contributed by atoms with Crippen molar-refractivity contribution in [2.45, 2.75) is 26.8 Å². The molecule has 1 amide bonds. The number of amides is 1. The maximum Gasteiger partial charge on any atom is 0.272 e. The van der Waals surface area contributed by atoms with Gasteiger partial charge in [-0.3, -0.25) is 4.79 Å². The number of aromatic nitrogens is 2. The normalized spacial score (nSPS) is 10.8. The summed E-state index contributed by atoms with van der Waals surface area (Å²) in [5.41, 5.74) is 2.05. The van der Waals surface area contributed by atoms with Gasteiger partial charge in [0.2, 0.25) is 0 Å². The van der Waals surface area contributed by atoms with Gasteiger partial charge in [-0.2, -0.15) is 0 Å². The van der Waals surface area contributed by atoms with Gasteiger partial charge in [0.15, 0.2) is 5.15 Å². The second-order valence-electron chi connectivity index (χ2n) is 4.64. The monoisotopic (exact) mass is 277 g/mol. The number of halogens is 1. The topological polar surface area (TPSA) is 46.9 Å². The summed E-state index contributed by atoms with van der Waals surface area (Å²) < 4.78 is 1.91. The molecule has 0 spiro atoms. The van der Waals surface area contributed by atoms with E-state index in [1.54, 1.807) is 12.3 Å². The molecule has 0 radical (unpaired) electrons. The smallest absolute Gasteiger partial charge is 0.272 e. The van der Waals surface area contributed by atoms with Gasteiger partial charge in [-0.15, -0.1) is 0 Å². The Labute approximate surface area is 117 Å². The van der Waals surface area contributed by atoms with Crippen LogP contribution in [0.25, 0.3) is 0 Å². The van der Waals surface area contributed by atoms with E-state index in [0.29, 0.717) is 16.5 Å². The highest BCUT2D eigenvalue weighted by Crippen LogP contribution is 2.23. The van der Waals surface area contributed by atoms with Crippen LogP contribution >= 0.6 is 11.6 Å². The highest BCUT2D eigenvalue weighted by Gasteiger charge is 2.15. The number of carbonyl (C=O) groups excluding carboxylic acids is 1. The molecule has 0 fully saturated rings. The molecule has 4 nitrogen and oxygen atoms in total. The highest BCUT2D eigenvalue weighted by molar-refractivity contribution is 6.32. The first kappa shape index (κ1) is 13.6. The lowest BCUT2D eigenvalue weighted by atomic mass is 10.2. The molecule has 1 N–H and O–H groups in total. The van der Waals surface area contributed by atoms with Gasteiger partial charge in [0.25, 0.3) is 5.91 Å². The van der Waals surface area contributed by atoms with Crippen molar-refractivity contribution < 1.29 is 4.79 Å². The molecule has 19 heavy (non-hydrogen) atoms. The zero-order valence-electron chi connectivity index (χ0n) is 11.1. The average molecular weight is 278 g/mol. The number of nitrogens with zero attached hydrogens (tertiary/aromatic N) is 2. The summed E-state index contributed by atoms with van der Waals surface area (Å²) in [6, 6.07) is 5.67. The summed E-state index contributed by atoms with van der Waals surface area (Å²) in [5, 5.41) is 3.12. The zero-order valence-corrected chi connectivity index (χ0v) is 11.9. The minimum atomic E-state index is -0.184. The van der Waals surface area contributed by atoms with Crippen molar-refractivity contribution in [2.24, 2.45) is 0 Å².